The van der Waals surface area contributed by atoms with Crippen molar-refractivity contribution < 1.29 is 33.2 Å². The van der Waals surface area contributed by atoms with Gasteiger partial charge in [-0.1, -0.05) is 11.6 Å². The average Bonchev–Trinajstić information content (AvgIpc) is 3.56. The number of rotatable bonds is 7. The van der Waals surface area contributed by atoms with Gasteiger partial charge in [0, 0.05) is 41.6 Å². The number of hydrogen-bond acceptors (Lipinski definition) is 11. The average molecular weight is 612 g/mol. The summed E-state index contributed by atoms with van der Waals surface area (Å²) in [6.07, 6.45) is 3.70. The van der Waals surface area contributed by atoms with Crippen molar-refractivity contribution in [2.75, 3.05) is 32.3 Å². The van der Waals surface area contributed by atoms with E-state index in [-0.39, 0.29) is 31.4 Å². The Labute approximate surface area is 247 Å². The molecule has 2 aromatic carbocycles. The summed E-state index contributed by atoms with van der Waals surface area (Å²) in [6, 6.07) is 6.75. The molecular formula is C28H23ClFN5O6S. The number of thiazole rings is 1. The van der Waals surface area contributed by atoms with Gasteiger partial charge in [0.25, 0.3) is 5.79 Å². The van der Waals surface area contributed by atoms with Gasteiger partial charge in [-0.25, -0.2) is 24.1 Å². The second-order valence-electron chi connectivity index (χ2n) is 9.57. The predicted octanol–water partition coefficient (Wildman–Crippen LogP) is 5.40. The van der Waals surface area contributed by atoms with Crippen LogP contribution in [0.3, 0.4) is 0 Å². The van der Waals surface area contributed by atoms with E-state index in [1.54, 1.807) is 32.4 Å². The maximum absolute atomic E-state index is 15.3. The van der Waals surface area contributed by atoms with Gasteiger partial charge < -0.3 is 24.1 Å². The zero-order valence-electron chi connectivity index (χ0n) is 22.6. The molecule has 4 heterocycles. The summed E-state index contributed by atoms with van der Waals surface area (Å²) in [5, 5.41) is 10.7. The van der Waals surface area contributed by atoms with Crippen molar-refractivity contribution in [2.24, 2.45) is 0 Å². The van der Waals surface area contributed by atoms with Crippen molar-refractivity contribution in [3.63, 3.8) is 0 Å². The first-order valence-corrected chi connectivity index (χ1v) is 13.8. The van der Waals surface area contributed by atoms with E-state index in [1.807, 2.05) is 6.07 Å². The highest BCUT2D eigenvalue weighted by Gasteiger charge is 2.43. The second kappa shape index (κ2) is 10.8. The number of benzene rings is 2. The minimum absolute atomic E-state index is 0.00295. The van der Waals surface area contributed by atoms with Crippen LogP contribution in [0.15, 0.2) is 42.9 Å². The molecule has 0 saturated heterocycles. The molecule has 6 rings (SSSR count). The van der Waals surface area contributed by atoms with E-state index in [9.17, 15) is 4.79 Å². The molecular weight excluding hydrogens is 589 g/mol. The van der Waals surface area contributed by atoms with E-state index in [0.717, 1.165) is 5.39 Å². The van der Waals surface area contributed by atoms with Crippen molar-refractivity contribution >= 4 is 55.8 Å². The highest BCUT2D eigenvalue weighted by Crippen LogP contribution is 2.46. The first kappa shape index (κ1) is 27.8. The fourth-order valence-electron chi connectivity index (χ4n) is 4.62. The van der Waals surface area contributed by atoms with Gasteiger partial charge in [-0.2, -0.15) is 0 Å². The number of fused-ring (bicyclic) bond motifs is 4. The molecule has 42 heavy (non-hydrogen) atoms. The lowest BCUT2D eigenvalue weighted by Crippen LogP contribution is -2.41. The van der Waals surface area contributed by atoms with E-state index < -0.39 is 17.7 Å². The molecule has 14 heteroatoms. The van der Waals surface area contributed by atoms with Crippen molar-refractivity contribution in [3.05, 3.63) is 59.3 Å². The van der Waals surface area contributed by atoms with Crippen LogP contribution in [0.2, 0.25) is 5.02 Å². The van der Waals surface area contributed by atoms with E-state index in [2.05, 4.69) is 15.0 Å². The number of carbonyl (C=O) groups is 1. The van der Waals surface area contributed by atoms with Crippen LogP contribution in [-0.4, -0.2) is 64.3 Å². The summed E-state index contributed by atoms with van der Waals surface area (Å²) in [4.78, 5) is 31.5. The second-order valence-corrected chi connectivity index (χ2v) is 11.0. The largest absolute Gasteiger partial charge is 0.495 e. The van der Waals surface area contributed by atoms with Crippen LogP contribution in [0.1, 0.15) is 12.5 Å². The monoisotopic (exact) mass is 611 g/mol. The summed E-state index contributed by atoms with van der Waals surface area (Å²) in [6.45, 7) is 1.43. The van der Waals surface area contributed by atoms with Crippen LogP contribution in [0.5, 0.6) is 17.5 Å². The Morgan fingerprint density at radius 2 is 2.00 bits per heavy atom. The van der Waals surface area contributed by atoms with Crippen molar-refractivity contribution in [1.82, 2.24) is 19.9 Å². The number of anilines is 1. The number of nitrogens with zero attached hydrogens (tertiary/aromatic N) is 5. The maximum atomic E-state index is 15.3. The Morgan fingerprint density at radius 3 is 2.74 bits per heavy atom. The zero-order valence-corrected chi connectivity index (χ0v) is 24.1. The fourth-order valence-corrected chi connectivity index (χ4v) is 5.94. The third-order valence-corrected chi connectivity index (χ3v) is 7.97. The summed E-state index contributed by atoms with van der Waals surface area (Å²) in [5.41, 5.74) is 2.67. The van der Waals surface area contributed by atoms with Crippen LogP contribution in [0.4, 0.5) is 14.9 Å². The van der Waals surface area contributed by atoms with E-state index in [4.69, 9.17) is 40.6 Å². The van der Waals surface area contributed by atoms with Gasteiger partial charge in [0.1, 0.15) is 17.4 Å². The zero-order chi connectivity index (χ0) is 29.6. The Hall–Kier alpha value is -4.33. The van der Waals surface area contributed by atoms with Gasteiger partial charge in [-0.15, -0.1) is 11.3 Å². The van der Waals surface area contributed by atoms with Crippen molar-refractivity contribution in [3.8, 4) is 28.1 Å². The van der Waals surface area contributed by atoms with Crippen LogP contribution < -0.4 is 19.1 Å². The number of methoxy groups -OCH3 is 1. The Bertz CT molecular complexity index is 1840. The normalized spacial score (nSPS) is 15.9. The van der Waals surface area contributed by atoms with E-state index in [0.29, 0.717) is 48.3 Å². The molecule has 0 fully saturated rings. The summed E-state index contributed by atoms with van der Waals surface area (Å²) in [7, 11) is 3.04. The van der Waals surface area contributed by atoms with Gasteiger partial charge in [0.15, 0.2) is 11.6 Å². The summed E-state index contributed by atoms with van der Waals surface area (Å²) in [5.74, 6) is -1.51. The molecule has 1 amide bonds. The van der Waals surface area contributed by atoms with Crippen LogP contribution in [-0.2, 0) is 11.2 Å². The molecule has 3 aromatic heterocycles. The fraction of sp³-hybridized carbons (Fsp3) is 0.250. The number of amides is 1. The quantitative estimate of drug-likeness (QED) is 0.255. The van der Waals surface area contributed by atoms with E-state index in [1.165, 1.54) is 41.7 Å². The molecule has 1 aliphatic heterocycles. The summed E-state index contributed by atoms with van der Waals surface area (Å²) < 4.78 is 38.0. The molecule has 0 spiro atoms. The third kappa shape index (κ3) is 5.10. The SMILES string of the molecule is COc1cnc2c(-c3nc4cc(F)c5c(c4s3)C[C@@](C)(OC(=O)N(C)c3cnc(OCCO)nc3)O5)cc(Cl)cc2c1. The van der Waals surface area contributed by atoms with Crippen LogP contribution >= 0.6 is 22.9 Å². The lowest BCUT2D eigenvalue weighted by Gasteiger charge is -2.27. The molecule has 0 bridgehead atoms. The van der Waals surface area contributed by atoms with Crippen LogP contribution in [0, 0.1) is 5.82 Å². The number of ether oxygens (including phenoxy) is 4. The molecule has 1 N–H and O–H groups in total. The van der Waals surface area contributed by atoms with Crippen molar-refractivity contribution in [2.45, 2.75) is 19.1 Å². The highest BCUT2D eigenvalue weighted by molar-refractivity contribution is 7.22. The van der Waals surface area contributed by atoms with Crippen LogP contribution in [0.25, 0.3) is 31.7 Å². The first-order chi connectivity index (χ1) is 20.2. The maximum Gasteiger partial charge on any atom is 0.417 e. The van der Waals surface area contributed by atoms with Gasteiger partial charge in [0.2, 0.25) is 0 Å². The lowest BCUT2D eigenvalue weighted by molar-refractivity contribution is -0.108. The minimum atomic E-state index is -1.49. The third-order valence-electron chi connectivity index (χ3n) is 6.59. The molecule has 0 unspecified atom stereocenters. The standard InChI is InChI=1S/C28H23ClFN5O6S/c1-28(41-27(37)35(2)16-11-32-26(33-12-16)39-5-4-36)10-19-23(40-28)20(30)9-21-24(19)42-25(34-21)18-8-15(29)6-14-7-17(38-3)13-31-22(14)18/h6-9,11-13,36H,4-5,10H2,1-3H3/t28-/m1/s1. The number of hydrogen-bond donors (Lipinski definition) is 1. The number of aromatic nitrogens is 4. The number of aliphatic hydroxyl groups excluding tert-OH is 1. The molecule has 0 radical (unpaired) electrons. The Morgan fingerprint density at radius 1 is 1.21 bits per heavy atom. The van der Waals surface area contributed by atoms with Gasteiger partial charge in [-0.05, 0) is 18.2 Å². The van der Waals surface area contributed by atoms with E-state index >= 15 is 4.39 Å². The molecule has 1 atom stereocenters. The number of halogens is 2. The highest BCUT2D eigenvalue weighted by atomic mass is 35.5. The smallest absolute Gasteiger partial charge is 0.417 e. The molecule has 11 nitrogen and oxygen atoms in total. The predicted molar refractivity (Wildman–Crippen MR) is 154 cm³/mol. The summed E-state index contributed by atoms with van der Waals surface area (Å²) >= 11 is 7.77. The van der Waals surface area contributed by atoms with Gasteiger partial charge in [0.05, 0.1) is 60.1 Å². The Kier molecular flexibility index (Phi) is 7.17. The molecule has 0 aliphatic carbocycles. The number of pyridine rings is 1. The molecule has 5 aromatic rings. The topological polar surface area (TPSA) is 129 Å². The molecule has 0 saturated carbocycles. The molecule has 1 aliphatic rings. The lowest BCUT2D eigenvalue weighted by atomic mass is 10.1. The first-order valence-electron chi connectivity index (χ1n) is 12.6. The van der Waals surface area contributed by atoms with Gasteiger partial charge in [-0.3, -0.25) is 9.88 Å². The number of carbonyl (C=O) groups excluding carboxylic acids is 1. The minimum Gasteiger partial charge on any atom is -0.495 e. The Balaban J connectivity index is 1.28. The number of aliphatic hydroxyl groups is 1. The van der Waals surface area contributed by atoms with Gasteiger partial charge >= 0.3 is 12.1 Å². The van der Waals surface area contributed by atoms with Crippen molar-refractivity contribution in [1.29, 1.82) is 0 Å². The molecule has 216 valence electrons.